The highest BCUT2D eigenvalue weighted by Crippen LogP contribution is 2.21. The third-order valence-corrected chi connectivity index (χ3v) is 1.74. The Morgan fingerprint density at radius 2 is 2.20 bits per heavy atom. The molecule has 0 bridgehead atoms. The third kappa shape index (κ3) is 1.51. The second-order valence-electron chi connectivity index (χ2n) is 1.96. The fraction of sp³-hybridized carbons (Fsp3) is 0.125. The molecule has 0 unspecified atom stereocenters. The number of ether oxygens (including phenoxy) is 1. The van der Waals surface area contributed by atoms with E-state index in [-0.39, 0.29) is 0 Å². The number of halogens is 1. The molecule has 0 atom stereocenters. The molecule has 1 aromatic carbocycles. The SMILES string of the molecule is [CH2]c1ccc(Br)cc1OC. The van der Waals surface area contributed by atoms with E-state index in [0.717, 1.165) is 15.8 Å². The Hall–Kier alpha value is -0.500. The molecule has 0 saturated heterocycles. The van der Waals surface area contributed by atoms with Crippen molar-refractivity contribution in [3.63, 3.8) is 0 Å². The van der Waals surface area contributed by atoms with Gasteiger partial charge in [0.25, 0.3) is 0 Å². The maximum atomic E-state index is 5.03. The first-order valence-corrected chi connectivity index (χ1v) is 3.69. The van der Waals surface area contributed by atoms with Crippen molar-refractivity contribution in [2.24, 2.45) is 0 Å². The van der Waals surface area contributed by atoms with Crippen molar-refractivity contribution in [3.8, 4) is 5.75 Å². The summed E-state index contributed by atoms with van der Waals surface area (Å²) in [5.74, 6) is 0.814. The summed E-state index contributed by atoms with van der Waals surface area (Å²) in [7, 11) is 1.64. The summed E-state index contributed by atoms with van der Waals surface area (Å²) < 4.78 is 6.04. The predicted molar refractivity (Wildman–Crippen MR) is 45.2 cm³/mol. The zero-order chi connectivity index (χ0) is 7.56. The lowest BCUT2D eigenvalue weighted by Gasteiger charge is -2.02. The van der Waals surface area contributed by atoms with E-state index in [9.17, 15) is 0 Å². The van der Waals surface area contributed by atoms with Gasteiger partial charge in [0, 0.05) is 4.47 Å². The van der Waals surface area contributed by atoms with E-state index in [0.29, 0.717) is 0 Å². The molecule has 53 valence electrons. The average Bonchev–Trinajstić information content (AvgIpc) is 1.94. The molecule has 0 aliphatic rings. The van der Waals surface area contributed by atoms with Crippen LogP contribution in [0.4, 0.5) is 0 Å². The van der Waals surface area contributed by atoms with Crippen LogP contribution in [0.25, 0.3) is 0 Å². The molecule has 0 heterocycles. The largest absolute Gasteiger partial charge is 0.496 e. The maximum absolute atomic E-state index is 5.03. The van der Waals surface area contributed by atoms with E-state index in [1.165, 1.54) is 0 Å². The highest BCUT2D eigenvalue weighted by atomic mass is 79.9. The van der Waals surface area contributed by atoms with Gasteiger partial charge < -0.3 is 4.74 Å². The molecule has 2 heteroatoms. The van der Waals surface area contributed by atoms with E-state index in [2.05, 4.69) is 22.9 Å². The Bertz CT molecular complexity index is 233. The van der Waals surface area contributed by atoms with Crippen LogP contribution in [-0.4, -0.2) is 7.11 Å². The van der Waals surface area contributed by atoms with Crippen molar-refractivity contribution in [1.82, 2.24) is 0 Å². The molecular weight excluding hydrogens is 192 g/mol. The van der Waals surface area contributed by atoms with Crippen molar-refractivity contribution < 1.29 is 4.74 Å². The summed E-state index contributed by atoms with van der Waals surface area (Å²) in [6, 6.07) is 5.73. The van der Waals surface area contributed by atoms with Crippen LogP contribution in [0.15, 0.2) is 22.7 Å². The molecule has 10 heavy (non-hydrogen) atoms. The fourth-order valence-corrected chi connectivity index (χ4v) is 1.06. The van der Waals surface area contributed by atoms with Crippen molar-refractivity contribution >= 4 is 15.9 Å². The first kappa shape index (κ1) is 7.61. The minimum atomic E-state index is 0.814. The summed E-state index contributed by atoms with van der Waals surface area (Å²) in [6.45, 7) is 3.79. The summed E-state index contributed by atoms with van der Waals surface area (Å²) in [5.41, 5.74) is 0.908. The van der Waals surface area contributed by atoms with Crippen LogP contribution in [0.3, 0.4) is 0 Å². The van der Waals surface area contributed by atoms with Gasteiger partial charge in [0.15, 0.2) is 0 Å². The molecule has 0 spiro atoms. The van der Waals surface area contributed by atoms with Crippen LogP contribution < -0.4 is 4.74 Å². The molecule has 1 aromatic rings. The monoisotopic (exact) mass is 199 g/mol. The summed E-state index contributed by atoms with van der Waals surface area (Å²) in [4.78, 5) is 0. The van der Waals surface area contributed by atoms with Gasteiger partial charge in [0.05, 0.1) is 7.11 Å². The molecule has 0 amide bonds. The van der Waals surface area contributed by atoms with Crippen LogP contribution in [0.5, 0.6) is 5.75 Å². The molecule has 1 nitrogen and oxygen atoms in total. The summed E-state index contributed by atoms with van der Waals surface area (Å²) in [5, 5.41) is 0. The fourth-order valence-electron chi connectivity index (χ4n) is 0.718. The first-order valence-electron chi connectivity index (χ1n) is 2.89. The normalized spacial score (nSPS) is 9.50. The van der Waals surface area contributed by atoms with Gasteiger partial charge in [0.1, 0.15) is 5.75 Å². The van der Waals surface area contributed by atoms with Crippen LogP contribution in [-0.2, 0) is 0 Å². The van der Waals surface area contributed by atoms with Gasteiger partial charge in [-0.15, -0.1) is 0 Å². The summed E-state index contributed by atoms with van der Waals surface area (Å²) in [6.07, 6.45) is 0. The second kappa shape index (κ2) is 3.06. The van der Waals surface area contributed by atoms with Gasteiger partial charge in [-0.3, -0.25) is 0 Å². The van der Waals surface area contributed by atoms with Crippen LogP contribution in [0.1, 0.15) is 5.56 Å². The highest BCUT2D eigenvalue weighted by Gasteiger charge is 1.96. The number of methoxy groups -OCH3 is 1. The number of hydrogen-bond donors (Lipinski definition) is 0. The van der Waals surface area contributed by atoms with Crippen molar-refractivity contribution in [1.29, 1.82) is 0 Å². The molecule has 0 saturated carbocycles. The van der Waals surface area contributed by atoms with E-state index in [1.807, 2.05) is 18.2 Å². The van der Waals surface area contributed by atoms with E-state index in [4.69, 9.17) is 4.74 Å². The minimum Gasteiger partial charge on any atom is -0.496 e. The quantitative estimate of drug-likeness (QED) is 0.677. The molecule has 0 fully saturated rings. The maximum Gasteiger partial charge on any atom is 0.123 e. The van der Waals surface area contributed by atoms with Gasteiger partial charge in [-0.05, 0) is 24.6 Å². The molecule has 1 rings (SSSR count). The van der Waals surface area contributed by atoms with Crippen LogP contribution in [0, 0.1) is 6.92 Å². The predicted octanol–water partition coefficient (Wildman–Crippen LogP) is 2.64. The lowest BCUT2D eigenvalue weighted by molar-refractivity contribution is 0.413. The Labute approximate surface area is 69.1 Å². The molecule has 0 aliphatic carbocycles. The number of rotatable bonds is 1. The van der Waals surface area contributed by atoms with Gasteiger partial charge in [-0.25, -0.2) is 0 Å². The zero-order valence-electron chi connectivity index (χ0n) is 5.73. The Morgan fingerprint density at radius 3 is 2.70 bits per heavy atom. The van der Waals surface area contributed by atoms with Crippen molar-refractivity contribution in [2.75, 3.05) is 7.11 Å². The van der Waals surface area contributed by atoms with Crippen molar-refractivity contribution in [3.05, 3.63) is 35.2 Å². The van der Waals surface area contributed by atoms with Crippen LogP contribution in [0.2, 0.25) is 0 Å². The Balaban J connectivity index is 3.09. The lowest BCUT2D eigenvalue weighted by atomic mass is 10.2. The Kier molecular flexibility index (Phi) is 2.33. The number of hydrogen-bond acceptors (Lipinski definition) is 1. The highest BCUT2D eigenvalue weighted by molar-refractivity contribution is 9.10. The van der Waals surface area contributed by atoms with E-state index < -0.39 is 0 Å². The standard InChI is InChI=1S/C8H8BrO/c1-6-3-4-7(9)5-8(6)10-2/h3-5H,1H2,2H3. The van der Waals surface area contributed by atoms with Gasteiger partial charge >= 0.3 is 0 Å². The van der Waals surface area contributed by atoms with Gasteiger partial charge in [-0.2, -0.15) is 0 Å². The molecule has 0 aromatic heterocycles. The minimum absolute atomic E-state index is 0.814. The van der Waals surface area contributed by atoms with Gasteiger partial charge in [0.2, 0.25) is 0 Å². The van der Waals surface area contributed by atoms with E-state index >= 15 is 0 Å². The molecule has 0 aliphatic heterocycles. The Morgan fingerprint density at radius 1 is 1.50 bits per heavy atom. The van der Waals surface area contributed by atoms with Gasteiger partial charge in [-0.1, -0.05) is 22.0 Å². The zero-order valence-corrected chi connectivity index (χ0v) is 7.31. The molecule has 0 N–H and O–H groups in total. The average molecular weight is 200 g/mol. The molecular formula is C8H8BrO. The number of benzene rings is 1. The topological polar surface area (TPSA) is 9.23 Å². The third-order valence-electron chi connectivity index (χ3n) is 1.25. The lowest BCUT2D eigenvalue weighted by Crippen LogP contribution is -1.85. The smallest absolute Gasteiger partial charge is 0.123 e. The second-order valence-corrected chi connectivity index (χ2v) is 2.87. The molecule has 1 radical (unpaired) electrons. The van der Waals surface area contributed by atoms with E-state index in [1.54, 1.807) is 7.11 Å². The first-order chi connectivity index (χ1) is 4.74. The summed E-state index contributed by atoms with van der Waals surface area (Å²) >= 11 is 3.33. The van der Waals surface area contributed by atoms with Crippen LogP contribution >= 0.6 is 15.9 Å². The van der Waals surface area contributed by atoms with Crippen molar-refractivity contribution in [2.45, 2.75) is 0 Å².